The third-order valence-corrected chi connectivity index (χ3v) is 2.28. The van der Waals surface area contributed by atoms with Crippen LogP contribution in [0.1, 0.15) is 31.4 Å². The first-order chi connectivity index (χ1) is 7.27. The van der Waals surface area contributed by atoms with Crippen LogP contribution in [0.2, 0.25) is 0 Å². The monoisotopic (exact) mass is 205 g/mol. The first-order valence-corrected chi connectivity index (χ1v) is 5.20. The number of hydrogen-bond donors (Lipinski definition) is 1. The van der Waals surface area contributed by atoms with Crippen LogP contribution in [0, 0.1) is 18.2 Å². The van der Waals surface area contributed by atoms with Crippen molar-refractivity contribution in [3.63, 3.8) is 0 Å². The highest BCUT2D eigenvalue weighted by atomic mass is 19.1. The van der Waals surface area contributed by atoms with Crippen molar-refractivity contribution in [1.82, 2.24) is 5.32 Å². The number of hydrogen-bond acceptors (Lipinski definition) is 1. The molecule has 0 radical (unpaired) electrons. The number of terminal acetylenes is 1. The van der Waals surface area contributed by atoms with Crippen molar-refractivity contribution in [2.45, 2.75) is 25.8 Å². The highest BCUT2D eigenvalue weighted by molar-refractivity contribution is 5.20. The maximum absolute atomic E-state index is 13.0. The predicted octanol–water partition coefficient (Wildman–Crippen LogP) is 2.89. The van der Waals surface area contributed by atoms with Crippen molar-refractivity contribution in [2.24, 2.45) is 0 Å². The van der Waals surface area contributed by atoms with E-state index in [1.807, 2.05) is 13.0 Å². The highest BCUT2D eigenvalue weighted by Crippen LogP contribution is 2.18. The molecular formula is C13H16FN. The Labute approximate surface area is 90.7 Å². The molecule has 0 saturated carbocycles. The van der Waals surface area contributed by atoms with Gasteiger partial charge in [-0.15, -0.1) is 12.3 Å². The maximum Gasteiger partial charge on any atom is 0.123 e. The van der Waals surface area contributed by atoms with Crippen LogP contribution in [0.15, 0.2) is 24.3 Å². The van der Waals surface area contributed by atoms with Gasteiger partial charge in [-0.25, -0.2) is 4.39 Å². The molecule has 1 aromatic rings. The highest BCUT2D eigenvalue weighted by Gasteiger charge is 2.09. The summed E-state index contributed by atoms with van der Waals surface area (Å²) in [5.74, 6) is 2.41. The Morgan fingerprint density at radius 2 is 2.33 bits per heavy atom. The van der Waals surface area contributed by atoms with Crippen molar-refractivity contribution in [2.75, 3.05) is 6.54 Å². The van der Waals surface area contributed by atoms with Gasteiger partial charge in [0.15, 0.2) is 0 Å². The molecule has 0 aliphatic rings. The van der Waals surface area contributed by atoms with Crippen molar-refractivity contribution in [3.8, 4) is 12.3 Å². The minimum absolute atomic E-state index is 0.154. The molecule has 1 aromatic carbocycles. The summed E-state index contributed by atoms with van der Waals surface area (Å²) in [7, 11) is 0. The van der Waals surface area contributed by atoms with Crippen LogP contribution >= 0.6 is 0 Å². The summed E-state index contributed by atoms with van der Waals surface area (Å²) < 4.78 is 13.0. The Balaban J connectivity index is 2.74. The third-order valence-electron chi connectivity index (χ3n) is 2.28. The lowest BCUT2D eigenvalue weighted by molar-refractivity contribution is 0.518. The van der Waals surface area contributed by atoms with Crippen LogP contribution in [0.5, 0.6) is 0 Å². The quantitative estimate of drug-likeness (QED) is 0.729. The lowest BCUT2D eigenvalue weighted by atomic mass is 10.0. The van der Waals surface area contributed by atoms with Crippen molar-refractivity contribution >= 4 is 0 Å². The van der Waals surface area contributed by atoms with E-state index in [2.05, 4.69) is 11.2 Å². The molecule has 2 heteroatoms. The molecule has 0 aliphatic carbocycles. The molecule has 0 aromatic heterocycles. The van der Waals surface area contributed by atoms with Crippen LogP contribution in [-0.4, -0.2) is 6.54 Å². The van der Waals surface area contributed by atoms with E-state index in [9.17, 15) is 4.39 Å². The van der Waals surface area contributed by atoms with Gasteiger partial charge >= 0.3 is 0 Å². The van der Waals surface area contributed by atoms with E-state index in [0.29, 0.717) is 6.42 Å². The van der Waals surface area contributed by atoms with Gasteiger partial charge in [0.25, 0.3) is 0 Å². The van der Waals surface area contributed by atoms with Gasteiger partial charge in [-0.05, 0) is 30.7 Å². The minimum atomic E-state index is -0.198. The smallest absolute Gasteiger partial charge is 0.123 e. The van der Waals surface area contributed by atoms with E-state index in [1.165, 1.54) is 6.07 Å². The SMILES string of the molecule is C#CCCC(NCC)c1cccc(F)c1. The van der Waals surface area contributed by atoms with E-state index in [-0.39, 0.29) is 11.9 Å². The zero-order chi connectivity index (χ0) is 11.1. The average molecular weight is 205 g/mol. The molecule has 1 unspecified atom stereocenters. The summed E-state index contributed by atoms with van der Waals surface area (Å²) in [6.45, 7) is 2.88. The maximum atomic E-state index is 13.0. The number of benzene rings is 1. The second kappa shape index (κ2) is 6.21. The van der Waals surface area contributed by atoms with Gasteiger partial charge in [0.05, 0.1) is 0 Å². The van der Waals surface area contributed by atoms with Gasteiger partial charge in [-0.1, -0.05) is 19.1 Å². The molecule has 0 bridgehead atoms. The second-order valence-corrected chi connectivity index (χ2v) is 3.41. The van der Waals surface area contributed by atoms with Crippen molar-refractivity contribution in [3.05, 3.63) is 35.6 Å². The van der Waals surface area contributed by atoms with Crippen LogP contribution in [0.4, 0.5) is 4.39 Å². The standard InChI is InChI=1S/C13H16FN/c1-3-5-9-13(15-4-2)11-7-6-8-12(14)10-11/h1,6-8,10,13,15H,4-5,9H2,2H3. The summed E-state index contributed by atoms with van der Waals surface area (Å²) in [6, 6.07) is 6.82. The fourth-order valence-corrected chi connectivity index (χ4v) is 1.58. The van der Waals surface area contributed by atoms with E-state index >= 15 is 0 Å². The summed E-state index contributed by atoms with van der Waals surface area (Å²) >= 11 is 0. The van der Waals surface area contributed by atoms with Crippen molar-refractivity contribution in [1.29, 1.82) is 0 Å². The van der Waals surface area contributed by atoms with Gasteiger partial charge in [0.2, 0.25) is 0 Å². The summed E-state index contributed by atoms with van der Waals surface area (Å²) in [5, 5.41) is 3.30. The van der Waals surface area contributed by atoms with Gasteiger partial charge in [-0.2, -0.15) is 0 Å². The summed E-state index contributed by atoms with van der Waals surface area (Å²) in [4.78, 5) is 0. The zero-order valence-corrected chi connectivity index (χ0v) is 8.96. The molecule has 1 N–H and O–H groups in total. The van der Waals surface area contributed by atoms with Gasteiger partial charge < -0.3 is 5.32 Å². The first kappa shape index (κ1) is 11.7. The van der Waals surface area contributed by atoms with Crippen molar-refractivity contribution < 1.29 is 4.39 Å². The molecule has 0 heterocycles. The molecule has 0 saturated heterocycles. The Hall–Kier alpha value is -1.33. The largest absolute Gasteiger partial charge is 0.310 e. The van der Waals surface area contributed by atoms with E-state index in [4.69, 9.17) is 6.42 Å². The van der Waals surface area contributed by atoms with Gasteiger partial charge in [0.1, 0.15) is 5.82 Å². The van der Waals surface area contributed by atoms with Crippen LogP contribution in [-0.2, 0) is 0 Å². The van der Waals surface area contributed by atoms with E-state index < -0.39 is 0 Å². The molecule has 1 nitrogen and oxygen atoms in total. The molecule has 0 aliphatic heterocycles. The van der Waals surface area contributed by atoms with Gasteiger partial charge in [-0.3, -0.25) is 0 Å². The fourth-order valence-electron chi connectivity index (χ4n) is 1.58. The topological polar surface area (TPSA) is 12.0 Å². The molecular weight excluding hydrogens is 189 g/mol. The predicted molar refractivity (Wildman–Crippen MR) is 60.9 cm³/mol. The second-order valence-electron chi connectivity index (χ2n) is 3.41. The van der Waals surface area contributed by atoms with E-state index in [0.717, 1.165) is 18.5 Å². The molecule has 0 spiro atoms. The number of rotatable bonds is 5. The Morgan fingerprint density at radius 3 is 2.93 bits per heavy atom. The molecule has 0 amide bonds. The zero-order valence-electron chi connectivity index (χ0n) is 8.96. The summed E-state index contributed by atoms with van der Waals surface area (Å²) in [5.41, 5.74) is 0.965. The molecule has 0 fully saturated rings. The van der Waals surface area contributed by atoms with Crippen LogP contribution in [0.25, 0.3) is 0 Å². The molecule has 1 rings (SSSR count). The lowest BCUT2D eigenvalue weighted by Crippen LogP contribution is -2.20. The van der Waals surface area contributed by atoms with Crippen LogP contribution < -0.4 is 5.32 Å². The Kier molecular flexibility index (Phi) is 4.86. The Morgan fingerprint density at radius 1 is 1.53 bits per heavy atom. The average Bonchev–Trinajstić information content (AvgIpc) is 2.24. The van der Waals surface area contributed by atoms with E-state index in [1.54, 1.807) is 12.1 Å². The summed E-state index contributed by atoms with van der Waals surface area (Å²) in [6.07, 6.45) is 6.77. The third kappa shape index (κ3) is 3.73. The number of halogens is 1. The molecule has 1 atom stereocenters. The lowest BCUT2D eigenvalue weighted by Gasteiger charge is -2.17. The van der Waals surface area contributed by atoms with Gasteiger partial charge in [0, 0.05) is 12.5 Å². The number of nitrogens with one attached hydrogen (secondary N) is 1. The molecule has 80 valence electrons. The Bertz CT molecular complexity index is 341. The fraction of sp³-hybridized carbons (Fsp3) is 0.385. The van der Waals surface area contributed by atoms with Crippen LogP contribution in [0.3, 0.4) is 0 Å². The minimum Gasteiger partial charge on any atom is -0.310 e. The molecule has 15 heavy (non-hydrogen) atoms. The normalized spacial score (nSPS) is 12.1. The first-order valence-electron chi connectivity index (χ1n) is 5.20.